The Kier molecular flexibility index (Phi) is 2.06. The molecule has 84 valence electrons. The Balaban J connectivity index is 1.97. The van der Waals surface area contributed by atoms with Crippen LogP contribution in [-0.4, -0.2) is 16.8 Å². The summed E-state index contributed by atoms with van der Waals surface area (Å²) in [5.41, 5.74) is 3.50. The Bertz CT molecular complexity index is 446. The standard InChI is InChI=1S/C14H17NO/c1-9(2)15-8-12-6-5-11(10-3-4-10)7-13(12)14(15)16/h5-7,9-10H,3-4,8H2,1-2H3. The minimum Gasteiger partial charge on any atom is -0.332 e. The maximum Gasteiger partial charge on any atom is 0.254 e. The molecule has 0 saturated heterocycles. The van der Waals surface area contributed by atoms with Crippen molar-refractivity contribution >= 4 is 5.91 Å². The highest BCUT2D eigenvalue weighted by molar-refractivity contribution is 5.98. The van der Waals surface area contributed by atoms with Gasteiger partial charge in [0.05, 0.1) is 0 Å². The molecule has 1 aromatic carbocycles. The van der Waals surface area contributed by atoms with E-state index in [1.54, 1.807) is 0 Å². The summed E-state index contributed by atoms with van der Waals surface area (Å²) in [7, 11) is 0. The highest BCUT2D eigenvalue weighted by atomic mass is 16.2. The minimum atomic E-state index is 0.215. The zero-order chi connectivity index (χ0) is 11.3. The van der Waals surface area contributed by atoms with Crippen LogP contribution in [0.2, 0.25) is 0 Å². The third kappa shape index (κ3) is 1.44. The SMILES string of the molecule is CC(C)N1Cc2ccc(C3CC3)cc2C1=O. The predicted molar refractivity (Wildman–Crippen MR) is 63.4 cm³/mol. The molecule has 0 unspecified atom stereocenters. The van der Waals surface area contributed by atoms with E-state index in [4.69, 9.17) is 0 Å². The molecule has 1 amide bonds. The predicted octanol–water partition coefficient (Wildman–Crippen LogP) is 2.93. The van der Waals surface area contributed by atoms with Crippen LogP contribution in [0.3, 0.4) is 0 Å². The molecule has 2 aliphatic rings. The number of carbonyl (C=O) groups excluding carboxylic acids is 1. The maximum atomic E-state index is 12.2. The molecule has 2 heteroatoms. The average molecular weight is 215 g/mol. The quantitative estimate of drug-likeness (QED) is 0.742. The van der Waals surface area contributed by atoms with Crippen LogP contribution in [0.4, 0.5) is 0 Å². The van der Waals surface area contributed by atoms with Crippen molar-refractivity contribution in [2.75, 3.05) is 0 Å². The fourth-order valence-corrected chi connectivity index (χ4v) is 2.43. The van der Waals surface area contributed by atoms with Crippen LogP contribution in [0.5, 0.6) is 0 Å². The third-order valence-electron chi connectivity index (χ3n) is 3.64. The van der Waals surface area contributed by atoms with E-state index in [9.17, 15) is 4.79 Å². The van der Waals surface area contributed by atoms with Gasteiger partial charge in [0, 0.05) is 18.2 Å². The topological polar surface area (TPSA) is 20.3 Å². The zero-order valence-corrected chi connectivity index (χ0v) is 9.86. The lowest BCUT2D eigenvalue weighted by Gasteiger charge is -2.19. The fourth-order valence-electron chi connectivity index (χ4n) is 2.43. The first-order chi connectivity index (χ1) is 7.66. The molecule has 0 radical (unpaired) electrons. The zero-order valence-electron chi connectivity index (χ0n) is 9.86. The van der Waals surface area contributed by atoms with Crippen LogP contribution in [0.1, 0.15) is 54.1 Å². The molecular formula is C14H17NO. The maximum absolute atomic E-state index is 12.2. The van der Waals surface area contributed by atoms with Crippen molar-refractivity contribution in [3.63, 3.8) is 0 Å². The van der Waals surface area contributed by atoms with E-state index in [0.717, 1.165) is 18.0 Å². The molecule has 0 N–H and O–H groups in total. The highest BCUT2D eigenvalue weighted by Gasteiger charge is 2.31. The first kappa shape index (κ1) is 9.88. The van der Waals surface area contributed by atoms with Gasteiger partial charge >= 0.3 is 0 Å². The number of amides is 1. The summed E-state index contributed by atoms with van der Waals surface area (Å²) in [4.78, 5) is 14.1. The van der Waals surface area contributed by atoms with Crippen LogP contribution >= 0.6 is 0 Å². The molecule has 2 nitrogen and oxygen atoms in total. The van der Waals surface area contributed by atoms with E-state index in [-0.39, 0.29) is 5.91 Å². The highest BCUT2D eigenvalue weighted by Crippen LogP contribution is 2.41. The second kappa shape index (κ2) is 3.34. The summed E-state index contributed by atoms with van der Waals surface area (Å²) in [5, 5.41) is 0. The molecule has 0 bridgehead atoms. The monoisotopic (exact) mass is 215 g/mol. The molecule has 1 aliphatic heterocycles. The number of hydrogen-bond acceptors (Lipinski definition) is 1. The van der Waals surface area contributed by atoms with E-state index in [1.807, 2.05) is 4.90 Å². The summed E-state index contributed by atoms with van der Waals surface area (Å²) in [6.07, 6.45) is 2.59. The van der Waals surface area contributed by atoms with Crippen LogP contribution in [0.25, 0.3) is 0 Å². The van der Waals surface area contributed by atoms with Gasteiger partial charge in [-0.3, -0.25) is 4.79 Å². The van der Waals surface area contributed by atoms with Gasteiger partial charge in [-0.2, -0.15) is 0 Å². The van der Waals surface area contributed by atoms with Crippen molar-refractivity contribution < 1.29 is 4.79 Å². The van der Waals surface area contributed by atoms with Crippen LogP contribution < -0.4 is 0 Å². The van der Waals surface area contributed by atoms with E-state index >= 15 is 0 Å². The number of fused-ring (bicyclic) bond motifs is 1. The lowest BCUT2D eigenvalue weighted by molar-refractivity contribution is 0.0730. The molecular weight excluding hydrogens is 198 g/mol. The van der Waals surface area contributed by atoms with E-state index < -0.39 is 0 Å². The Labute approximate surface area is 96.3 Å². The van der Waals surface area contributed by atoms with Gasteiger partial charge < -0.3 is 4.90 Å². The molecule has 0 spiro atoms. The van der Waals surface area contributed by atoms with Gasteiger partial charge in [-0.1, -0.05) is 12.1 Å². The first-order valence-corrected chi connectivity index (χ1v) is 6.10. The Hall–Kier alpha value is -1.31. The van der Waals surface area contributed by atoms with Crippen molar-refractivity contribution in [1.29, 1.82) is 0 Å². The van der Waals surface area contributed by atoms with E-state index in [2.05, 4.69) is 32.0 Å². The van der Waals surface area contributed by atoms with Gasteiger partial charge in [-0.05, 0) is 49.8 Å². The fraction of sp³-hybridized carbons (Fsp3) is 0.500. The molecule has 1 saturated carbocycles. The smallest absolute Gasteiger partial charge is 0.254 e. The Morgan fingerprint density at radius 1 is 1.31 bits per heavy atom. The molecule has 3 rings (SSSR count). The molecule has 0 atom stereocenters. The van der Waals surface area contributed by atoms with Crippen molar-refractivity contribution in [3.05, 3.63) is 34.9 Å². The molecule has 1 heterocycles. The Morgan fingerprint density at radius 2 is 2.06 bits per heavy atom. The van der Waals surface area contributed by atoms with Gasteiger partial charge in [0.2, 0.25) is 0 Å². The second-order valence-corrected chi connectivity index (χ2v) is 5.22. The van der Waals surface area contributed by atoms with E-state index in [1.165, 1.54) is 24.0 Å². The average Bonchev–Trinajstić information content (AvgIpc) is 3.04. The van der Waals surface area contributed by atoms with Gasteiger partial charge in [-0.25, -0.2) is 0 Å². The molecule has 16 heavy (non-hydrogen) atoms. The summed E-state index contributed by atoms with van der Waals surface area (Å²) in [6.45, 7) is 4.94. The van der Waals surface area contributed by atoms with Crippen molar-refractivity contribution in [1.82, 2.24) is 4.90 Å². The van der Waals surface area contributed by atoms with Gasteiger partial charge in [-0.15, -0.1) is 0 Å². The Morgan fingerprint density at radius 3 is 2.69 bits per heavy atom. The lowest BCUT2D eigenvalue weighted by Crippen LogP contribution is -2.30. The number of nitrogens with zero attached hydrogens (tertiary/aromatic N) is 1. The van der Waals surface area contributed by atoms with Crippen LogP contribution in [0.15, 0.2) is 18.2 Å². The number of hydrogen-bond donors (Lipinski definition) is 0. The molecule has 0 aromatic heterocycles. The van der Waals surface area contributed by atoms with Crippen molar-refractivity contribution in [2.45, 2.75) is 45.2 Å². The summed E-state index contributed by atoms with van der Waals surface area (Å²) in [6, 6.07) is 6.76. The second-order valence-electron chi connectivity index (χ2n) is 5.22. The summed E-state index contributed by atoms with van der Waals surface area (Å²) in [5.74, 6) is 0.943. The summed E-state index contributed by atoms with van der Waals surface area (Å²) < 4.78 is 0. The number of benzene rings is 1. The van der Waals surface area contributed by atoms with E-state index in [0.29, 0.717) is 6.04 Å². The number of carbonyl (C=O) groups is 1. The molecule has 1 aromatic rings. The number of rotatable bonds is 2. The first-order valence-electron chi connectivity index (χ1n) is 6.10. The van der Waals surface area contributed by atoms with Gasteiger partial charge in [0.25, 0.3) is 5.91 Å². The molecule has 1 aliphatic carbocycles. The largest absolute Gasteiger partial charge is 0.332 e. The van der Waals surface area contributed by atoms with Gasteiger partial charge in [0.15, 0.2) is 0 Å². The lowest BCUT2D eigenvalue weighted by atomic mass is 10.0. The summed E-state index contributed by atoms with van der Waals surface area (Å²) >= 11 is 0. The van der Waals surface area contributed by atoms with Crippen LogP contribution in [0, 0.1) is 0 Å². The van der Waals surface area contributed by atoms with Crippen molar-refractivity contribution in [3.8, 4) is 0 Å². The minimum absolute atomic E-state index is 0.215. The van der Waals surface area contributed by atoms with Crippen LogP contribution in [-0.2, 0) is 6.54 Å². The van der Waals surface area contributed by atoms with Crippen molar-refractivity contribution in [2.24, 2.45) is 0 Å². The van der Waals surface area contributed by atoms with Gasteiger partial charge in [0.1, 0.15) is 0 Å². The third-order valence-corrected chi connectivity index (χ3v) is 3.64. The molecule has 1 fully saturated rings. The normalized spacial score (nSPS) is 19.4.